The molecule has 0 fully saturated rings. The van der Waals surface area contributed by atoms with Crippen LogP contribution in [0.5, 0.6) is 5.75 Å². The van der Waals surface area contributed by atoms with Gasteiger partial charge in [0.1, 0.15) is 17.3 Å². The van der Waals surface area contributed by atoms with E-state index in [2.05, 4.69) is 4.98 Å². The average molecular weight is 460 g/mol. The Kier molecular flexibility index (Phi) is 6.56. The van der Waals surface area contributed by atoms with Gasteiger partial charge in [-0.2, -0.15) is 13.2 Å². The Morgan fingerprint density at radius 2 is 1.64 bits per heavy atom. The number of alkyl halides is 3. The number of carboxylic acids is 1. The minimum Gasteiger partial charge on any atom is -0.545 e. The zero-order valence-corrected chi connectivity index (χ0v) is 16.5. The van der Waals surface area contributed by atoms with Gasteiger partial charge in [-0.1, -0.05) is 30.3 Å². The summed E-state index contributed by atoms with van der Waals surface area (Å²) in [5.74, 6) is -1.88. The fraction of sp³-hybridized carbons (Fsp3) is 0.0952. The lowest BCUT2D eigenvalue weighted by Crippen LogP contribution is -2.34. The van der Waals surface area contributed by atoms with E-state index in [1.807, 2.05) is 0 Å². The van der Waals surface area contributed by atoms with Crippen molar-refractivity contribution in [1.29, 1.82) is 0 Å². The number of nitro benzene ring substituents is 1. The molecule has 9 nitrogen and oxygen atoms in total. The number of anilines is 1. The standard InChI is InChI=1S/C21H14F3N3O6/c22-21(23,24)17-2-1-3-18(25-17)26(12-13-4-6-14(7-5-13)19(28)29)20(30)33-16-10-8-15(9-11-16)27(31)32/h1-11H,12H2,(H,28,29)/p-1. The van der Waals surface area contributed by atoms with E-state index in [0.29, 0.717) is 5.56 Å². The van der Waals surface area contributed by atoms with Gasteiger partial charge in [-0.3, -0.25) is 15.0 Å². The first kappa shape index (κ1) is 23.2. The van der Waals surface area contributed by atoms with Gasteiger partial charge in [-0.25, -0.2) is 9.78 Å². The third-order valence-electron chi connectivity index (χ3n) is 4.30. The number of aromatic carboxylic acids is 1. The van der Waals surface area contributed by atoms with Gasteiger partial charge in [0, 0.05) is 12.1 Å². The number of ether oxygens (including phenoxy) is 1. The highest BCUT2D eigenvalue weighted by Crippen LogP contribution is 2.29. The van der Waals surface area contributed by atoms with Gasteiger partial charge < -0.3 is 14.6 Å². The number of carbonyl (C=O) groups excluding carboxylic acids is 2. The zero-order valence-electron chi connectivity index (χ0n) is 16.5. The molecule has 0 aliphatic rings. The minimum absolute atomic E-state index is 0.0881. The van der Waals surface area contributed by atoms with Crippen molar-refractivity contribution in [1.82, 2.24) is 4.98 Å². The van der Waals surface area contributed by atoms with Crippen molar-refractivity contribution in [3.8, 4) is 5.75 Å². The largest absolute Gasteiger partial charge is 0.545 e. The van der Waals surface area contributed by atoms with Crippen molar-refractivity contribution in [3.05, 3.63) is 93.7 Å². The topological polar surface area (TPSA) is 126 Å². The van der Waals surface area contributed by atoms with Crippen molar-refractivity contribution in [3.63, 3.8) is 0 Å². The maximum atomic E-state index is 13.1. The summed E-state index contributed by atoms with van der Waals surface area (Å²) in [5, 5.41) is 21.7. The van der Waals surface area contributed by atoms with Crippen LogP contribution >= 0.6 is 0 Å². The average Bonchev–Trinajstić information content (AvgIpc) is 2.77. The molecule has 170 valence electrons. The fourth-order valence-electron chi connectivity index (χ4n) is 2.69. The molecule has 0 saturated heterocycles. The summed E-state index contributed by atoms with van der Waals surface area (Å²) in [4.78, 5) is 38.1. The monoisotopic (exact) mass is 460 g/mol. The minimum atomic E-state index is -4.76. The number of halogens is 3. The SMILES string of the molecule is O=C([O-])c1ccc(CN(C(=O)Oc2ccc([N+](=O)[O-])cc2)c2cccc(C(F)(F)F)n2)cc1. The summed E-state index contributed by atoms with van der Waals surface area (Å²) in [5.41, 5.74) is -1.25. The summed E-state index contributed by atoms with van der Waals surface area (Å²) >= 11 is 0. The van der Waals surface area contributed by atoms with E-state index in [4.69, 9.17) is 4.74 Å². The van der Waals surface area contributed by atoms with Gasteiger partial charge in [0.25, 0.3) is 5.69 Å². The molecule has 0 N–H and O–H groups in total. The van der Waals surface area contributed by atoms with Crippen LogP contribution in [0.15, 0.2) is 66.7 Å². The maximum Gasteiger partial charge on any atom is 0.433 e. The highest BCUT2D eigenvalue weighted by molar-refractivity contribution is 5.88. The molecule has 1 aromatic heterocycles. The lowest BCUT2D eigenvalue weighted by molar-refractivity contribution is -0.384. The Hall–Kier alpha value is -4.48. The van der Waals surface area contributed by atoms with E-state index in [0.717, 1.165) is 41.3 Å². The molecule has 1 amide bonds. The molecule has 0 saturated carbocycles. The number of amides is 1. The molecule has 3 rings (SSSR count). The first-order valence-corrected chi connectivity index (χ1v) is 9.13. The number of aromatic nitrogens is 1. The Balaban J connectivity index is 1.92. The molecule has 0 bridgehead atoms. The van der Waals surface area contributed by atoms with Crippen LogP contribution in [0.4, 0.5) is 29.5 Å². The Morgan fingerprint density at radius 1 is 1.00 bits per heavy atom. The van der Waals surface area contributed by atoms with Crippen molar-refractivity contribution >= 4 is 23.6 Å². The second kappa shape index (κ2) is 9.34. The quantitative estimate of drug-likeness (QED) is 0.407. The predicted molar refractivity (Wildman–Crippen MR) is 105 cm³/mol. The molecule has 12 heteroatoms. The molecule has 0 unspecified atom stereocenters. The van der Waals surface area contributed by atoms with Gasteiger partial charge in [0.2, 0.25) is 0 Å². The van der Waals surface area contributed by atoms with E-state index in [1.54, 1.807) is 0 Å². The van der Waals surface area contributed by atoms with Crippen LogP contribution in [0.25, 0.3) is 0 Å². The zero-order chi connectivity index (χ0) is 24.2. The number of hydrogen-bond donors (Lipinski definition) is 0. The third kappa shape index (κ3) is 5.81. The Labute approximate surface area is 183 Å². The van der Waals surface area contributed by atoms with E-state index in [1.165, 1.54) is 30.3 Å². The number of rotatable bonds is 6. The molecule has 0 aliphatic carbocycles. The molecule has 3 aromatic rings. The normalized spacial score (nSPS) is 11.0. The van der Waals surface area contributed by atoms with E-state index in [9.17, 15) is 38.0 Å². The Morgan fingerprint density at radius 3 is 2.18 bits per heavy atom. The number of pyridine rings is 1. The smallest absolute Gasteiger partial charge is 0.433 e. The van der Waals surface area contributed by atoms with Crippen LogP contribution in [0.3, 0.4) is 0 Å². The van der Waals surface area contributed by atoms with Gasteiger partial charge in [-0.15, -0.1) is 0 Å². The van der Waals surface area contributed by atoms with Gasteiger partial charge in [-0.05, 0) is 35.4 Å². The highest BCUT2D eigenvalue weighted by Gasteiger charge is 2.33. The summed E-state index contributed by atoms with van der Waals surface area (Å²) < 4.78 is 44.5. The van der Waals surface area contributed by atoms with E-state index in [-0.39, 0.29) is 29.4 Å². The number of benzene rings is 2. The molecule has 0 radical (unpaired) electrons. The Bertz CT molecular complexity index is 1180. The van der Waals surface area contributed by atoms with Crippen molar-refractivity contribution in [2.75, 3.05) is 4.90 Å². The number of non-ortho nitro benzene ring substituents is 1. The summed E-state index contributed by atoms with van der Waals surface area (Å²) in [6, 6.07) is 12.6. The van der Waals surface area contributed by atoms with Gasteiger partial charge >= 0.3 is 12.3 Å². The molecule has 33 heavy (non-hydrogen) atoms. The number of nitro groups is 1. The molecule has 0 aliphatic heterocycles. The first-order valence-electron chi connectivity index (χ1n) is 9.13. The molecule has 1 heterocycles. The molecular weight excluding hydrogens is 447 g/mol. The van der Waals surface area contributed by atoms with Crippen molar-refractivity contribution in [2.24, 2.45) is 0 Å². The second-order valence-corrected chi connectivity index (χ2v) is 6.57. The fourth-order valence-corrected chi connectivity index (χ4v) is 2.69. The highest BCUT2D eigenvalue weighted by atomic mass is 19.4. The van der Waals surface area contributed by atoms with Crippen molar-refractivity contribution in [2.45, 2.75) is 12.7 Å². The van der Waals surface area contributed by atoms with Gasteiger partial charge in [0.15, 0.2) is 0 Å². The van der Waals surface area contributed by atoms with Crippen LogP contribution in [0.1, 0.15) is 21.6 Å². The number of carboxylic acid groups (broad SMARTS) is 1. The molecule has 2 aromatic carbocycles. The molecule has 0 atom stereocenters. The molecule has 0 spiro atoms. The lowest BCUT2D eigenvalue weighted by atomic mass is 10.1. The van der Waals surface area contributed by atoms with E-state index < -0.39 is 28.9 Å². The van der Waals surface area contributed by atoms with Gasteiger partial charge in [0.05, 0.1) is 17.4 Å². The number of nitrogens with zero attached hydrogens (tertiary/aromatic N) is 3. The summed E-state index contributed by atoms with van der Waals surface area (Å²) in [6.07, 6.45) is -5.88. The lowest BCUT2D eigenvalue weighted by Gasteiger charge is -2.22. The third-order valence-corrected chi connectivity index (χ3v) is 4.30. The first-order chi connectivity index (χ1) is 15.5. The second-order valence-electron chi connectivity index (χ2n) is 6.57. The summed E-state index contributed by atoms with van der Waals surface area (Å²) in [7, 11) is 0. The predicted octanol–water partition coefficient (Wildman–Crippen LogP) is 3.58. The van der Waals surface area contributed by atoms with E-state index >= 15 is 0 Å². The maximum absolute atomic E-state index is 13.1. The van der Waals surface area contributed by atoms with Crippen LogP contribution in [-0.4, -0.2) is 22.0 Å². The number of carbonyl (C=O) groups is 2. The number of hydrogen-bond acceptors (Lipinski definition) is 7. The van der Waals surface area contributed by atoms with Crippen LogP contribution < -0.4 is 14.7 Å². The molecular formula is C21H13F3N3O6-. The van der Waals surface area contributed by atoms with Crippen LogP contribution in [0.2, 0.25) is 0 Å². The summed E-state index contributed by atoms with van der Waals surface area (Å²) in [6.45, 7) is -0.312. The van der Waals surface area contributed by atoms with Crippen LogP contribution in [-0.2, 0) is 12.7 Å². The van der Waals surface area contributed by atoms with Crippen molar-refractivity contribution < 1.29 is 37.5 Å². The van der Waals surface area contributed by atoms with Crippen LogP contribution in [0, 0.1) is 10.1 Å².